The van der Waals surface area contributed by atoms with Crippen molar-refractivity contribution in [2.24, 2.45) is 0 Å². The van der Waals surface area contributed by atoms with Crippen molar-refractivity contribution in [1.29, 1.82) is 0 Å². The third-order valence-electron chi connectivity index (χ3n) is 1.93. The molecule has 0 radical (unpaired) electrons. The molecule has 0 aliphatic heterocycles. The Labute approximate surface area is 66.8 Å². The molecular weight excluding hydrogens is 138 g/mol. The van der Waals surface area contributed by atoms with Crippen LogP contribution in [-0.2, 0) is 4.79 Å². The molecule has 11 heavy (non-hydrogen) atoms. The fourth-order valence-corrected chi connectivity index (χ4v) is 1.38. The van der Waals surface area contributed by atoms with Crippen LogP contribution in [0, 0.1) is 13.8 Å². The van der Waals surface area contributed by atoms with Crippen LogP contribution in [0.3, 0.4) is 0 Å². The highest BCUT2D eigenvalue weighted by Crippen LogP contribution is 2.12. The lowest BCUT2D eigenvalue weighted by Gasteiger charge is -2.11. The van der Waals surface area contributed by atoms with Crippen molar-refractivity contribution in [1.82, 2.24) is 4.57 Å². The second-order valence-corrected chi connectivity index (χ2v) is 2.86. The molecule has 2 heteroatoms. The summed E-state index contributed by atoms with van der Waals surface area (Å²) in [6.45, 7) is 5.91. The van der Waals surface area contributed by atoms with E-state index in [1.807, 2.05) is 37.5 Å². The number of carbonyl (C=O) groups excluding carboxylic acids is 1. The first kappa shape index (κ1) is 8.05. The maximum absolute atomic E-state index is 10.5. The van der Waals surface area contributed by atoms with Gasteiger partial charge in [0.1, 0.15) is 6.29 Å². The van der Waals surface area contributed by atoms with E-state index >= 15 is 0 Å². The summed E-state index contributed by atoms with van der Waals surface area (Å²) in [6, 6.07) is 4.01. The third kappa shape index (κ3) is 1.34. The van der Waals surface area contributed by atoms with Gasteiger partial charge in [0, 0.05) is 11.4 Å². The molecule has 0 amide bonds. The molecule has 1 aromatic heterocycles. The van der Waals surface area contributed by atoms with Crippen LogP contribution in [0.25, 0.3) is 0 Å². The zero-order chi connectivity index (χ0) is 8.43. The van der Waals surface area contributed by atoms with Gasteiger partial charge < -0.3 is 9.36 Å². The molecule has 0 aliphatic carbocycles. The van der Waals surface area contributed by atoms with E-state index in [0.29, 0.717) is 0 Å². The highest BCUT2D eigenvalue weighted by Gasteiger charge is 2.06. The van der Waals surface area contributed by atoms with E-state index < -0.39 is 0 Å². The SMILES string of the molecule is Cc1ccc(C)n1[C@@H](C)C=O. The van der Waals surface area contributed by atoms with Crippen LogP contribution in [0.2, 0.25) is 0 Å². The molecule has 0 fully saturated rings. The number of hydrogen-bond donors (Lipinski definition) is 0. The van der Waals surface area contributed by atoms with Crippen LogP contribution < -0.4 is 0 Å². The highest BCUT2D eigenvalue weighted by molar-refractivity contribution is 5.55. The Morgan fingerprint density at radius 1 is 1.36 bits per heavy atom. The highest BCUT2D eigenvalue weighted by atomic mass is 16.1. The van der Waals surface area contributed by atoms with Crippen molar-refractivity contribution in [3.05, 3.63) is 23.5 Å². The summed E-state index contributed by atoms with van der Waals surface area (Å²) in [7, 11) is 0. The predicted molar refractivity (Wildman–Crippen MR) is 44.7 cm³/mol. The molecule has 60 valence electrons. The van der Waals surface area contributed by atoms with Gasteiger partial charge in [-0.2, -0.15) is 0 Å². The fraction of sp³-hybridized carbons (Fsp3) is 0.444. The third-order valence-corrected chi connectivity index (χ3v) is 1.93. The molecule has 2 nitrogen and oxygen atoms in total. The van der Waals surface area contributed by atoms with Crippen molar-refractivity contribution in [3.8, 4) is 0 Å². The molecule has 1 atom stereocenters. The van der Waals surface area contributed by atoms with E-state index in [4.69, 9.17) is 0 Å². The van der Waals surface area contributed by atoms with Crippen LogP contribution in [0.15, 0.2) is 12.1 Å². The summed E-state index contributed by atoms with van der Waals surface area (Å²) in [6.07, 6.45) is 0.958. The number of hydrogen-bond acceptors (Lipinski definition) is 1. The average molecular weight is 151 g/mol. The minimum absolute atomic E-state index is 0.0370. The van der Waals surface area contributed by atoms with Crippen molar-refractivity contribution in [2.45, 2.75) is 26.8 Å². The van der Waals surface area contributed by atoms with Gasteiger partial charge in [0.2, 0.25) is 0 Å². The van der Waals surface area contributed by atoms with Crippen molar-refractivity contribution in [3.63, 3.8) is 0 Å². The van der Waals surface area contributed by atoms with Gasteiger partial charge in [0.15, 0.2) is 0 Å². The second-order valence-electron chi connectivity index (χ2n) is 2.86. The molecule has 0 aliphatic rings. The molecule has 0 aromatic carbocycles. The smallest absolute Gasteiger partial charge is 0.142 e. The molecule has 0 spiro atoms. The number of nitrogens with zero attached hydrogens (tertiary/aromatic N) is 1. The summed E-state index contributed by atoms with van der Waals surface area (Å²) in [5.41, 5.74) is 2.28. The summed E-state index contributed by atoms with van der Waals surface area (Å²) < 4.78 is 2.02. The van der Waals surface area contributed by atoms with Crippen LogP contribution >= 0.6 is 0 Å². The topological polar surface area (TPSA) is 22.0 Å². The lowest BCUT2D eigenvalue weighted by Crippen LogP contribution is -2.09. The van der Waals surface area contributed by atoms with Crippen molar-refractivity contribution in [2.75, 3.05) is 0 Å². The van der Waals surface area contributed by atoms with E-state index in [0.717, 1.165) is 17.7 Å². The standard InChI is InChI=1S/C9H13NO/c1-7-4-5-8(2)10(7)9(3)6-11/h4-6,9H,1-3H3/t9-/m0/s1. The molecule has 0 N–H and O–H groups in total. The molecule has 0 saturated carbocycles. The molecular formula is C9H13NO. The fourth-order valence-electron chi connectivity index (χ4n) is 1.38. The van der Waals surface area contributed by atoms with Gasteiger partial charge in [-0.25, -0.2) is 0 Å². The Morgan fingerprint density at radius 2 is 1.82 bits per heavy atom. The monoisotopic (exact) mass is 151 g/mol. The Kier molecular flexibility index (Phi) is 2.13. The van der Waals surface area contributed by atoms with Gasteiger partial charge in [-0.3, -0.25) is 0 Å². The summed E-state index contributed by atoms with van der Waals surface area (Å²) in [5.74, 6) is 0. The van der Waals surface area contributed by atoms with Gasteiger partial charge in [-0.05, 0) is 32.9 Å². The summed E-state index contributed by atoms with van der Waals surface area (Å²) in [5, 5.41) is 0. The minimum atomic E-state index is -0.0370. The largest absolute Gasteiger partial charge is 0.339 e. The van der Waals surface area contributed by atoms with Crippen molar-refractivity contribution >= 4 is 6.29 Å². The quantitative estimate of drug-likeness (QED) is 0.591. The van der Waals surface area contributed by atoms with Gasteiger partial charge in [-0.1, -0.05) is 0 Å². The van der Waals surface area contributed by atoms with E-state index in [1.54, 1.807) is 0 Å². The number of aldehydes is 1. The van der Waals surface area contributed by atoms with E-state index in [-0.39, 0.29) is 6.04 Å². The Balaban J connectivity index is 3.09. The minimum Gasteiger partial charge on any atom is -0.339 e. The second kappa shape index (κ2) is 2.91. The first-order valence-corrected chi connectivity index (χ1v) is 3.76. The Morgan fingerprint density at radius 3 is 2.18 bits per heavy atom. The number of aryl methyl sites for hydroxylation is 2. The summed E-state index contributed by atoms with van der Waals surface area (Å²) in [4.78, 5) is 10.5. The van der Waals surface area contributed by atoms with Crippen LogP contribution in [0.1, 0.15) is 24.4 Å². The molecule has 1 aromatic rings. The van der Waals surface area contributed by atoms with Gasteiger partial charge >= 0.3 is 0 Å². The molecule has 0 saturated heterocycles. The maximum Gasteiger partial charge on any atom is 0.142 e. The lowest BCUT2D eigenvalue weighted by atomic mass is 10.3. The first-order valence-electron chi connectivity index (χ1n) is 3.76. The molecule has 0 unspecified atom stereocenters. The zero-order valence-corrected chi connectivity index (χ0v) is 7.16. The normalized spacial score (nSPS) is 13.0. The zero-order valence-electron chi connectivity index (χ0n) is 7.16. The van der Waals surface area contributed by atoms with Crippen LogP contribution in [0.4, 0.5) is 0 Å². The summed E-state index contributed by atoms with van der Waals surface area (Å²) >= 11 is 0. The molecule has 1 heterocycles. The molecule has 0 bridgehead atoms. The van der Waals surface area contributed by atoms with Crippen LogP contribution in [0.5, 0.6) is 0 Å². The van der Waals surface area contributed by atoms with E-state index in [9.17, 15) is 4.79 Å². The van der Waals surface area contributed by atoms with Gasteiger partial charge in [0.25, 0.3) is 0 Å². The predicted octanol–water partition coefficient (Wildman–Crippen LogP) is 1.86. The molecule has 1 rings (SSSR count). The first-order chi connectivity index (χ1) is 5.16. The van der Waals surface area contributed by atoms with Crippen LogP contribution in [-0.4, -0.2) is 10.9 Å². The van der Waals surface area contributed by atoms with Crippen molar-refractivity contribution < 1.29 is 4.79 Å². The maximum atomic E-state index is 10.5. The lowest BCUT2D eigenvalue weighted by molar-refractivity contribution is -0.110. The Hall–Kier alpha value is -1.05. The van der Waals surface area contributed by atoms with Gasteiger partial charge in [0.05, 0.1) is 6.04 Å². The number of carbonyl (C=O) groups is 1. The van der Waals surface area contributed by atoms with E-state index in [2.05, 4.69) is 0 Å². The number of aromatic nitrogens is 1. The van der Waals surface area contributed by atoms with Gasteiger partial charge in [-0.15, -0.1) is 0 Å². The Bertz CT molecular complexity index is 243. The van der Waals surface area contributed by atoms with E-state index in [1.165, 1.54) is 0 Å². The number of rotatable bonds is 2. The average Bonchev–Trinajstić information content (AvgIpc) is 2.30.